The first kappa shape index (κ1) is 21.3. The summed E-state index contributed by atoms with van der Waals surface area (Å²) in [5.41, 5.74) is 4.65. The Balaban J connectivity index is 1.50. The summed E-state index contributed by atoms with van der Waals surface area (Å²) < 4.78 is 13.0. The Kier molecular flexibility index (Phi) is 5.49. The number of pyridine rings is 1. The zero-order valence-electron chi connectivity index (χ0n) is 18.8. The Bertz CT molecular complexity index is 1320. The molecule has 6 rings (SSSR count). The topological polar surface area (TPSA) is 60.4 Å². The lowest BCUT2D eigenvalue weighted by atomic mass is 9.90. The van der Waals surface area contributed by atoms with Gasteiger partial charge in [-0.05, 0) is 25.0 Å². The summed E-state index contributed by atoms with van der Waals surface area (Å²) in [6, 6.07) is 10.5. The van der Waals surface area contributed by atoms with Gasteiger partial charge in [0.15, 0.2) is 0 Å². The molecule has 33 heavy (non-hydrogen) atoms. The summed E-state index contributed by atoms with van der Waals surface area (Å²) in [5.74, 6) is 1.93. The van der Waals surface area contributed by atoms with Crippen molar-refractivity contribution in [3.8, 4) is 0 Å². The van der Waals surface area contributed by atoms with Crippen molar-refractivity contribution in [2.75, 3.05) is 31.2 Å². The molecule has 0 amide bonds. The lowest BCUT2D eigenvalue weighted by molar-refractivity contribution is -0.0396. The number of hydrogen-bond donors (Lipinski definition) is 0. The zero-order valence-corrected chi connectivity index (χ0v) is 20.5. The van der Waals surface area contributed by atoms with Gasteiger partial charge in [0.2, 0.25) is 0 Å². The van der Waals surface area contributed by atoms with Gasteiger partial charge >= 0.3 is 0 Å². The van der Waals surface area contributed by atoms with Gasteiger partial charge in [-0.15, -0.1) is 23.1 Å². The second kappa shape index (κ2) is 8.51. The first-order chi connectivity index (χ1) is 16.1. The first-order valence-corrected chi connectivity index (χ1v) is 13.1. The van der Waals surface area contributed by atoms with Gasteiger partial charge in [-0.1, -0.05) is 30.3 Å². The Labute approximate surface area is 201 Å². The van der Waals surface area contributed by atoms with Gasteiger partial charge in [0.05, 0.1) is 35.6 Å². The van der Waals surface area contributed by atoms with Crippen molar-refractivity contribution in [1.82, 2.24) is 15.0 Å². The highest BCUT2D eigenvalue weighted by Crippen LogP contribution is 2.44. The van der Waals surface area contributed by atoms with E-state index in [0.717, 1.165) is 64.4 Å². The lowest BCUT2D eigenvalue weighted by Crippen LogP contribution is -2.39. The van der Waals surface area contributed by atoms with Crippen LogP contribution in [0.5, 0.6) is 0 Å². The second-order valence-electron chi connectivity index (χ2n) is 9.13. The molecule has 170 valence electrons. The van der Waals surface area contributed by atoms with Crippen LogP contribution in [0.1, 0.15) is 30.5 Å². The maximum absolute atomic E-state index is 6.24. The Morgan fingerprint density at radius 2 is 1.91 bits per heavy atom. The average Bonchev–Trinajstić information content (AvgIpc) is 3.22. The molecular formula is C25H26N4O2S2. The van der Waals surface area contributed by atoms with Crippen LogP contribution in [0.15, 0.2) is 41.7 Å². The van der Waals surface area contributed by atoms with Crippen LogP contribution in [0.2, 0.25) is 0 Å². The van der Waals surface area contributed by atoms with E-state index in [1.165, 1.54) is 22.1 Å². The van der Waals surface area contributed by atoms with Crippen molar-refractivity contribution in [2.24, 2.45) is 0 Å². The number of thiophene rings is 1. The Hall–Kier alpha value is -2.26. The number of benzene rings is 1. The Morgan fingerprint density at radius 3 is 2.73 bits per heavy atom. The quantitative estimate of drug-likeness (QED) is 0.294. The van der Waals surface area contributed by atoms with Gasteiger partial charge in [0, 0.05) is 36.2 Å². The van der Waals surface area contributed by atoms with Crippen LogP contribution >= 0.6 is 23.1 Å². The molecule has 5 heterocycles. The molecule has 0 radical (unpaired) electrons. The number of fused-ring (bicyclic) bond motifs is 5. The highest BCUT2D eigenvalue weighted by atomic mass is 32.2. The van der Waals surface area contributed by atoms with Crippen LogP contribution in [-0.2, 0) is 28.3 Å². The van der Waals surface area contributed by atoms with Gasteiger partial charge in [-0.2, -0.15) is 0 Å². The normalized spacial score (nSPS) is 18.1. The minimum atomic E-state index is -0.213. The summed E-state index contributed by atoms with van der Waals surface area (Å²) in [4.78, 5) is 18.0. The van der Waals surface area contributed by atoms with Crippen LogP contribution in [0, 0.1) is 0 Å². The minimum absolute atomic E-state index is 0.213. The fourth-order valence-electron chi connectivity index (χ4n) is 4.63. The zero-order chi connectivity index (χ0) is 22.4. The van der Waals surface area contributed by atoms with Crippen molar-refractivity contribution in [2.45, 2.75) is 43.3 Å². The fourth-order valence-corrected chi connectivity index (χ4v) is 6.82. The van der Waals surface area contributed by atoms with E-state index in [2.05, 4.69) is 54.1 Å². The molecule has 4 aromatic rings. The van der Waals surface area contributed by atoms with E-state index in [9.17, 15) is 0 Å². The fraction of sp³-hybridized carbons (Fsp3) is 0.400. The largest absolute Gasteiger partial charge is 0.378 e. The van der Waals surface area contributed by atoms with Crippen molar-refractivity contribution >= 4 is 49.3 Å². The van der Waals surface area contributed by atoms with Gasteiger partial charge in [0.25, 0.3) is 0 Å². The number of morpholine rings is 1. The van der Waals surface area contributed by atoms with E-state index < -0.39 is 0 Å². The standard InChI is InChI=1S/C25H26N4O2S2/c1-25(2)12-17-18(13-31-25)22(29-8-10-30-11-9-29)28-23-19(17)20-21(33-23)24(27-15-26-20)32-14-16-6-4-3-5-7-16/h3-7,15H,8-14H2,1-2H3. The smallest absolute Gasteiger partial charge is 0.136 e. The summed E-state index contributed by atoms with van der Waals surface area (Å²) in [5, 5.41) is 2.21. The van der Waals surface area contributed by atoms with Crippen LogP contribution in [0.25, 0.3) is 20.4 Å². The van der Waals surface area contributed by atoms with Gasteiger partial charge in [-0.3, -0.25) is 0 Å². The van der Waals surface area contributed by atoms with E-state index in [4.69, 9.17) is 19.4 Å². The summed E-state index contributed by atoms with van der Waals surface area (Å²) in [7, 11) is 0. The molecule has 2 aliphatic rings. The minimum Gasteiger partial charge on any atom is -0.378 e. The summed E-state index contributed by atoms with van der Waals surface area (Å²) in [6.45, 7) is 8.10. The molecule has 0 atom stereocenters. The predicted octanol–water partition coefficient (Wildman–Crippen LogP) is 5.22. The predicted molar refractivity (Wildman–Crippen MR) is 134 cm³/mol. The van der Waals surface area contributed by atoms with Gasteiger partial charge in [0.1, 0.15) is 22.0 Å². The van der Waals surface area contributed by atoms with E-state index in [0.29, 0.717) is 6.61 Å². The molecule has 3 aromatic heterocycles. The van der Waals surface area contributed by atoms with Crippen LogP contribution < -0.4 is 4.90 Å². The molecule has 1 aromatic carbocycles. The molecule has 0 saturated carbocycles. The molecule has 1 saturated heterocycles. The molecule has 6 nitrogen and oxygen atoms in total. The molecule has 8 heteroatoms. The number of nitrogens with zero attached hydrogens (tertiary/aromatic N) is 4. The number of aromatic nitrogens is 3. The maximum atomic E-state index is 6.24. The van der Waals surface area contributed by atoms with E-state index >= 15 is 0 Å². The van der Waals surface area contributed by atoms with Crippen molar-refractivity contribution in [3.63, 3.8) is 0 Å². The average molecular weight is 479 g/mol. The van der Waals surface area contributed by atoms with E-state index in [1.54, 1.807) is 29.4 Å². The van der Waals surface area contributed by atoms with Gasteiger partial charge < -0.3 is 14.4 Å². The van der Waals surface area contributed by atoms with Crippen molar-refractivity contribution < 1.29 is 9.47 Å². The first-order valence-electron chi connectivity index (χ1n) is 11.3. The third-order valence-corrected chi connectivity index (χ3v) is 8.57. The molecule has 2 aliphatic heterocycles. The number of hydrogen-bond acceptors (Lipinski definition) is 8. The molecule has 0 unspecified atom stereocenters. The SMILES string of the molecule is CC1(C)Cc2c(c(N3CCOCC3)nc3sc4c(SCc5ccccc5)ncnc4c23)CO1. The van der Waals surface area contributed by atoms with E-state index in [-0.39, 0.29) is 5.60 Å². The van der Waals surface area contributed by atoms with Crippen LogP contribution in [-0.4, -0.2) is 46.9 Å². The molecule has 0 N–H and O–H groups in total. The number of anilines is 1. The van der Waals surface area contributed by atoms with Crippen LogP contribution in [0.4, 0.5) is 5.82 Å². The van der Waals surface area contributed by atoms with Crippen LogP contribution in [0.3, 0.4) is 0 Å². The molecule has 0 aliphatic carbocycles. The number of rotatable bonds is 4. The third-order valence-electron chi connectivity index (χ3n) is 6.30. The summed E-state index contributed by atoms with van der Waals surface area (Å²) in [6.07, 6.45) is 2.55. The molecular weight excluding hydrogens is 452 g/mol. The maximum Gasteiger partial charge on any atom is 0.136 e. The molecule has 0 spiro atoms. The second-order valence-corrected chi connectivity index (χ2v) is 11.1. The summed E-state index contributed by atoms with van der Waals surface area (Å²) >= 11 is 3.49. The van der Waals surface area contributed by atoms with Gasteiger partial charge in [-0.25, -0.2) is 15.0 Å². The molecule has 0 bridgehead atoms. The molecule has 1 fully saturated rings. The highest BCUT2D eigenvalue weighted by molar-refractivity contribution is 7.98. The Morgan fingerprint density at radius 1 is 1.09 bits per heavy atom. The van der Waals surface area contributed by atoms with Crippen molar-refractivity contribution in [3.05, 3.63) is 53.3 Å². The highest BCUT2D eigenvalue weighted by Gasteiger charge is 2.33. The number of thioether (sulfide) groups is 1. The third kappa shape index (κ3) is 3.99. The lowest BCUT2D eigenvalue weighted by Gasteiger charge is -2.36. The number of ether oxygens (including phenoxy) is 2. The monoisotopic (exact) mass is 478 g/mol. The van der Waals surface area contributed by atoms with E-state index in [1.807, 2.05) is 0 Å². The van der Waals surface area contributed by atoms with Crippen molar-refractivity contribution in [1.29, 1.82) is 0 Å².